The molecule has 0 unspecified atom stereocenters. The molecule has 2 saturated heterocycles. The van der Waals surface area contributed by atoms with Gasteiger partial charge in [0.1, 0.15) is 0 Å². The maximum absolute atomic E-state index is 13.5. The normalized spacial score (nSPS) is 22.2. The Balaban J connectivity index is 1.40. The molecule has 2 amide bonds. The summed E-state index contributed by atoms with van der Waals surface area (Å²) in [7, 11) is 0. The van der Waals surface area contributed by atoms with Gasteiger partial charge in [0.25, 0.3) is 11.1 Å². The number of aromatic nitrogens is 2. The molecule has 2 aromatic carbocycles. The Kier molecular flexibility index (Phi) is 6.58. The fraction of sp³-hybridized carbons (Fsp3) is 0.292. The number of thioether (sulfide) groups is 1. The first kappa shape index (κ1) is 24.8. The molecule has 7 nitrogen and oxygen atoms in total. The molecule has 2 aliphatic rings. The van der Waals surface area contributed by atoms with Gasteiger partial charge in [-0.15, -0.1) is 0 Å². The van der Waals surface area contributed by atoms with Crippen molar-refractivity contribution < 1.29 is 27.9 Å². The SMILES string of the molecule is O=C1S/C(=C\c2ccc3c(cnn3Cc3ccc(Cl)cc3C(F)(F)F)c2)C(=O)N1[C@@H]1CNCC[C@H]1O. The lowest BCUT2D eigenvalue weighted by Crippen LogP contribution is -2.55. The number of amides is 2. The molecular formula is C24H20ClF3N4O3S. The maximum atomic E-state index is 13.5. The Labute approximate surface area is 212 Å². The van der Waals surface area contributed by atoms with Gasteiger partial charge < -0.3 is 10.4 Å². The molecule has 3 heterocycles. The number of hydrogen-bond donors (Lipinski definition) is 2. The molecule has 0 saturated carbocycles. The zero-order valence-electron chi connectivity index (χ0n) is 18.6. The van der Waals surface area contributed by atoms with Crippen molar-refractivity contribution in [2.24, 2.45) is 0 Å². The molecule has 0 aliphatic carbocycles. The molecule has 188 valence electrons. The van der Waals surface area contributed by atoms with E-state index in [1.54, 1.807) is 24.3 Å². The number of fused-ring (bicyclic) bond motifs is 1. The molecule has 2 fully saturated rings. The highest BCUT2D eigenvalue weighted by molar-refractivity contribution is 8.18. The van der Waals surface area contributed by atoms with Gasteiger partial charge in [-0.25, -0.2) is 0 Å². The highest BCUT2D eigenvalue weighted by Gasteiger charge is 2.43. The molecular weight excluding hydrogens is 517 g/mol. The summed E-state index contributed by atoms with van der Waals surface area (Å²) in [5, 5.41) is 17.8. The minimum atomic E-state index is -4.55. The van der Waals surface area contributed by atoms with Crippen molar-refractivity contribution in [3.05, 3.63) is 69.2 Å². The number of aliphatic hydroxyl groups excluding tert-OH is 1. The van der Waals surface area contributed by atoms with E-state index in [2.05, 4.69) is 10.4 Å². The zero-order chi connectivity index (χ0) is 25.6. The molecule has 0 spiro atoms. The van der Waals surface area contributed by atoms with Crippen LogP contribution in [0.5, 0.6) is 0 Å². The van der Waals surface area contributed by atoms with Crippen LogP contribution in [-0.4, -0.2) is 56.2 Å². The summed E-state index contributed by atoms with van der Waals surface area (Å²) in [5.74, 6) is -0.462. The van der Waals surface area contributed by atoms with E-state index < -0.39 is 35.0 Å². The van der Waals surface area contributed by atoms with Gasteiger partial charge in [-0.1, -0.05) is 23.7 Å². The van der Waals surface area contributed by atoms with E-state index in [9.17, 15) is 27.9 Å². The van der Waals surface area contributed by atoms with Crippen LogP contribution in [0, 0.1) is 0 Å². The second kappa shape index (κ2) is 9.55. The number of nitrogens with zero attached hydrogens (tertiary/aromatic N) is 3. The lowest BCUT2D eigenvalue weighted by Gasteiger charge is -2.33. The van der Waals surface area contributed by atoms with Crippen molar-refractivity contribution in [1.82, 2.24) is 20.0 Å². The largest absolute Gasteiger partial charge is 0.416 e. The summed E-state index contributed by atoms with van der Waals surface area (Å²) in [5.41, 5.74) is 0.468. The first-order valence-electron chi connectivity index (χ1n) is 11.1. The molecule has 3 aromatic rings. The van der Waals surface area contributed by atoms with Crippen LogP contribution < -0.4 is 5.32 Å². The Morgan fingerprint density at radius 1 is 1.22 bits per heavy atom. The summed E-state index contributed by atoms with van der Waals surface area (Å²) in [6.07, 6.45) is -1.76. The third-order valence-electron chi connectivity index (χ3n) is 6.23. The zero-order valence-corrected chi connectivity index (χ0v) is 20.2. The van der Waals surface area contributed by atoms with Gasteiger partial charge in [-0.05, 0) is 66.2 Å². The third-order valence-corrected chi connectivity index (χ3v) is 7.35. The van der Waals surface area contributed by atoms with Crippen LogP contribution in [0.2, 0.25) is 5.02 Å². The number of benzene rings is 2. The van der Waals surface area contributed by atoms with Crippen LogP contribution in [0.25, 0.3) is 17.0 Å². The summed E-state index contributed by atoms with van der Waals surface area (Å²) >= 11 is 6.58. The molecule has 0 bridgehead atoms. The smallest absolute Gasteiger partial charge is 0.391 e. The van der Waals surface area contributed by atoms with Crippen LogP contribution >= 0.6 is 23.4 Å². The standard InChI is InChI=1S/C24H20ClF3N4O3S/c25-16-3-2-14(17(9-16)24(26,27)28)12-31-18-4-1-13(7-15(18)10-30-31)8-21-22(34)32(23(35)36-21)19-11-29-6-5-20(19)33/h1-4,7-10,19-20,29,33H,5-6,11-12H2/b21-8-/t19-,20-/m1/s1. The number of piperidine rings is 1. The lowest BCUT2D eigenvalue weighted by molar-refractivity contribution is -0.138. The van der Waals surface area contributed by atoms with E-state index in [1.807, 2.05) is 0 Å². The van der Waals surface area contributed by atoms with Crippen LogP contribution in [-0.2, 0) is 17.5 Å². The molecule has 2 aliphatic heterocycles. The summed E-state index contributed by atoms with van der Waals surface area (Å²) < 4.78 is 41.9. The molecule has 2 atom stereocenters. The number of hydrogen-bond acceptors (Lipinski definition) is 6. The summed E-state index contributed by atoms with van der Waals surface area (Å²) in [4.78, 5) is 26.8. The third kappa shape index (κ3) is 4.75. The van der Waals surface area contributed by atoms with Crippen molar-refractivity contribution >= 4 is 51.5 Å². The number of aliphatic hydroxyl groups is 1. The number of imide groups is 1. The quantitative estimate of drug-likeness (QED) is 0.477. The molecule has 5 rings (SSSR count). The Morgan fingerprint density at radius 2 is 2.03 bits per heavy atom. The summed E-state index contributed by atoms with van der Waals surface area (Å²) in [6.45, 7) is 0.847. The fourth-order valence-electron chi connectivity index (χ4n) is 4.44. The molecule has 1 aromatic heterocycles. The van der Waals surface area contributed by atoms with Crippen molar-refractivity contribution in [1.29, 1.82) is 0 Å². The van der Waals surface area contributed by atoms with Gasteiger partial charge in [0, 0.05) is 17.0 Å². The molecule has 0 radical (unpaired) electrons. The highest BCUT2D eigenvalue weighted by atomic mass is 35.5. The predicted octanol–water partition coefficient (Wildman–Crippen LogP) is 4.52. The topological polar surface area (TPSA) is 87.5 Å². The van der Waals surface area contributed by atoms with Gasteiger partial charge >= 0.3 is 6.18 Å². The van der Waals surface area contributed by atoms with E-state index in [1.165, 1.54) is 23.0 Å². The number of halogens is 4. The van der Waals surface area contributed by atoms with Crippen LogP contribution in [0.1, 0.15) is 23.1 Å². The minimum Gasteiger partial charge on any atom is -0.391 e. The number of nitrogens with one attached hydrogen (secondary N) is 1. The van der Waals surface area contributed by atoms with Crippen LogP contribution in [0.4, 0.5) is 18.0 Å². The van der Waals surface area contributed by atoms with Crippen molar-refractivity contribution in [2.45, 2.75) is 31.3 Å². The monoisotopic (exact) mass is 536 g/mol. The number of carbonyl (C=O) groups excluding carboxylic acids is 2. The molecule has 12 heteroatoms. The fourth-order valence-corrected chi connectivity index (χ4v) is 5.50. The van der Waals surface area contributed by atoms with Gasteiger partial charge in [-0.2, -0.15) is 18.3 Å². The Hall–Kier alpha value is -2.86. The number of carbonyl (C=O) groups is 2. The van der Waals surface area contributed by atoms with E-state index in [0.717, 1.165) is 22.7 Å². The van der Waals surface area contributed by atoms with Gasteiger partial charge in [0.15, 0.2) is 0 Å². The summed E-state index contributed by atoms with van der Waals surface area (Å²) in [6, 6.07) is 8.18. The second-order valence-electron chi connectivity index (χ2n) is 8.60. The minimum absolute atomic E-state index is 0.000265. The van der Waals surface area contributed by atoms with Crippen LogP contribution in [0.15, 0.2) is 47.5 Å². The Morgan fingerprint density at radius 3 is 2.78 bits per heavy atom. The highest BCUT2D eigenvalue weighted by Crippen LogP contribution is 2.36. The first-order chi connectivity index (χ1) is 17.1. The van der Waals surface area contributed by atoms with Crippen molar-refractivity contribution in [3.8, 4) is 0 Å². The maximum Gasteiger partial charge on any atom is 0.416 e. The number of alkyl halides is 3. The molecule has 2 N–H and O–H groups in total. The van der Waals surface area contributed by atoms with Crippen molar-refractivity contribution in [2.75, 3.05) is 13.1 Å². The lowest BCUT2D eigenvalue weighted by atomic mass is 10.0. The van der Waals surface area contributed by atoms with Gasteiger partial charge in [0.2, 0.25) is 0 Å². The second-order valence-corrected chi connectivity index (χ2v) is 10.0. The van der Waals surface area contributed by atoms with Gasteiger partial charge in [-0.3, -0.25) is 19.2 Å². The van der Waals surface area contributed by atoms with E-state index in [4.69, 9.17) is 11.6 Å². The van der Waals surface area contributed by atoms with E-state index >= 15 is 0 Å². The van der Waals surface area contributed by atoms with E-state index in [-0.39, 0.29) is 22.0 Å². The average molecular weight is 537 g/mol. The van der Waals surface area contributed by atoms with Crippen LogP contribution in [0.3, 0.4) is 0 Å². The average Bonchev–Trinajstić information content (AvgIpc) is 3.34. The van der Waals surface area contributed by atoms with Crippen molar-refractivity contribution in [3.63, 3.8) is 0 Å². The first-order valence-corrected chi connectivity index (χ1v) is 12.3. The van der Waals surface area contributed by atoms with Gasteiger partial charge in [0.05, 0.1) is 40.9 Å². The Bertz CT molecular complexity index is 1390. The number of rotatable bonds is 4. The predicted molar refractivity (Wildman–Crippen MR) is 130 cm³/mol. The van der Waals surface area contributed by atoms with E-state index in [0.29, 0.717) is 36.0 Å². The molecule has 36 heavy (non-hydrogen) atoms.